The van der Waals surface area contributed by atoms with E-state index < -0.39 is 0 Å². The first-order valence-corrected chi connectivity index (χ1v) is 8.88. The van der Waals surface area contributed by atoms with Crippen LogP contribution in [-0.4, -0.2) is 36.5 Å². The predicted molar refractivity (Wildman–Crippen MR) is 95.4 cm³/mol. The van der Waals surface area contributed by atoms with E-state index in [9.17, 15) is 4.79 Å². The molecule has 1 saturated heterocycles. The van der Waals surface area contributed by atoms with E-state index >= 15 is 0 Å². The molecule has 130 valence electrons. The standard InChI is InChI=1S/C19H23N5O/c1-14-15(13-24-18(21-14)9-10-20-24)19(25)23-12-5-3-4-7-17(23)16-8-6-11-22(16)2/h6,8-11,13,17H,3-5,7,12H2,1-2H3. The minimum absolute atomic E-state index is 0.0514. The van der Waals surface area contributed by atoms with E-state index in [2.05, 4.69) is 20.7 Å². The van der Waals surface area contributed by atoms with Gasteiger partial charge in [0.25, 0.3) is 5.91 Å². The highest BCUT2D eigenvalue weighted by Gasteiger charge is 2.30. The molecule has 1 atom stereocenters. The minimum atomic E-state index is 0.0514. The third-order valence-electron chi connectivity index (χ3n) is 5.14. The fraction of sp³-hybridized carbons (Fsp3) is 0.421. The lowest BCUT2D eigenvalue weighted by molar-refractivity contribution is 0.0672. The molecule has 6 nitrogen and oxygen atoms in total. The Bertz CT molecular complexity index is 910. The maximum atomic E-state index is 13.4. The zero-order valence-corrected chi connectivity index (χ0v) is 14.7. The monoisotopic (exact) mass is 337 g/mol. The first-order valence-electron chi connectivity index (χ1n) is 8.88. The summed E-state index contributed by atoms with van der Waals surface area (Å²) in [6, 6.07) is 6.13. The Balaban J connectivity index is 1.74. The van der Waals surface area contributed by atoms with Crippen molar-refractivity contribution in [2.75, 3.05) is 6.54 Å². The van der Waals surface area contributed by atoms with E-state index in [-0.39, 0.29) is 11.9 Å². The summed E-state index contributed by atoms with van der Waals surface area (Å²) in [5, 5.41) is 4.23. The molecule has 0 N–H and O–H groups in total. The van der Waals surface area contributed by atoms with Crippen LogP contribution >= 0.6 is 0 Å². The Morgan fingerprint density at radius 3 is 2.92 bits per heavy atom. The second-order valence-corrected chi connectivity index (χ2v) is 6.78. The smallest absolute Gasteiger partial charge is 0.257 e. The lowest BCUT2D eigenvalue weighted by Crippen LogP contribution is -2.36. The summed E-state index contributed by atoms with van der Waals surface area (Å²) in [5.74, 6) is 0.0514. The molecule has 4 heterocycles. The van der Waals surface area contributed by atoms with Crippen LogP contribution in [0.5, 0.6) is 0 Å². The summed E-state index contributed by atoms with van der Waals surface area (Å²) in [6.45, 7) is 2.68. The highest BCUT2D eigenvalue weighted by molar-refractivity contribution is 5.95. The van der Waals surface area contributed by atoms with Gasteiger partial charge in [-0.3, -0.25) is 4.79 Å². The predicted octanol–water partition coefficient (Wildman–Crippen LogP) is 3.13. The number of carbonyl (C=O) groups excluding carboxylic acids is 1. The van der Waals surface area contributed by atoms with Crippen LogP contribution in [0.15, 0.2) is 36.8 Å². The van der Waals surface area contributed by atoms with Gasteiger partial charge < -0.3 is 9.47 Å². The lowest BCUT2D eigenvalue weighted by Gasteiger charge is -2.31. The number of aryl methyl sites for hydroxylation is 2. The van der Waals surface area contributed by atoms with Crippen LogP contribution < -0.4 is 0 Å². The van der Waals surface area contributed by atoms with E-state index in [0.717, 1.165) is 37.1 Å². The SMILES string of the molecule is Cc1nc2ccnn2cc1C(=O)N1CCCCCC1c1cccn1C. The zero-order valence-electron chi connectivity index (χ0n) is 14.7. The van der Waals surface area contributed by atoms with Crippen LogP contribution in [-0.2, 0) is 7.05 Å². The average Bonchev–Trinajstić information content (AvgIpc) is 3.15. The summed E-state index contributed by atoms with van der Waals surface area (Å²) in [4.78, 5) is 19.9. The maximum absolute atomic E-state index is 13.4. The molecule has 1 aliphatic heterocycles. The van der Waals surface area contributed by atoms with Gasteiger partial charge in [-0.05, 0) is 31.9 Å². The molecule has 1 amide bonds. The third-order valence-corrected chi connectivity index (χ3v) is 5.14. The van der Waals surface area contributed by atoms with Crippen LogP contribution in [0.4, 0.5) is 0 Å². The van der Waals surface area contributed by atoms with Crippen molar-refractivity contribution in [3.63, 3.8) is 0 Å². The molecule has 0 radical (unpaired) electrons. The van der Waals surface area contributed by atoms with Crippen molar-refractivity contribution < 1.29 is 4.79 Å². The Kier molecular flexibility index (Phi) is 4.03. The molecule has 4 rings (SSSR count). The molecule has 0 aromatic carbocycles. The van der Waals surface area contributed by atoms with Gasteiger partial charge in [-0.25, -0.2) is 9.50 Å². The van der Waals surface area contributed by atoms with Gasteiger partial charge in [0.1, 0.15) is 0 Å². The average molecular weight is 337 g/mol. The van der Waals surface area contributed by atoms with E-state index in [1.54, 1.807) is 10.7 Å². The van der Waals surface area contributed by atoms with Crippen molar-refractivity contribution in [1.29, 1.82) is 0 Å². The quantitative estimate of drug-likeness (QED) is 0.722. The molecule has 3 aromatic heterocycles. The van der Waals surface area contributed by atoms with E-state index in [1.165, 1.54) is 12.1 Å². The van der Waals surface area contributed by atoms with Crippen molar-refractivity contribution in [3.8, 4) is 0 Å². The van der Waals surface area contributed by atoms with Crippen LogP contribution in [0.3, 0.4) is 0 Å². The number of carbonyl (C=O) groups is 1. The summed E-state index contributed by atoms with van der Waals surface area (Å²) in [6.07, 6.45) is 9.92. The lowest BCUT2D eigenvalue weighted by atomic mass is 10.1. The largest absolute Gasteiger partial charge is 0.353 e. The van der Waals surface area contributed by atoms with Gasteiger partial charge >= 0.3 is 0 Å². The van der Waals surface area contributed by atoms with E-state index in [4.69, 9.17) is 0 Å². The van der Waals surface area contributed by atoms with Crippen molar-refractivity contribution in [2.45, 2.75) is 38.6 Å². The van der Waals surface area contributed by atoms with Gasteiger partial charge in [0.15, 0.2) is 5.65 Å². The third kappa shape index (κ3) is 2.81. The van der Waals surface area contributed by atoms with Crippen molar-refractivity contribution >= 4 is 11.6 Å². The molecule has 0 aliphatic carbocycles. The van der Waals surface area contributed by atoms with Crippen LogP contribution in [0, 0.1) is 6.92 Å². The summed E-state index contributed by atoms with van der Waals surface area (Å²) >= 11 is 0. The Morgan fingerprint density at radius 1 is 1.24 bits per heavy atom. The van der Waals surface area contributed by atoms with Gasteiger partial charge in [0, 0.05) is 37.7 Å². The van der Waals surface area contributed by atoms with E-state index in [0.29, 0.717) is 5.56 Å². The van der Waals surface area contributed by atoms with Crippen LogP contribution in [0.1, 0.15) is 53.5 Å². The first-order chi connectivity index (χ1) is 12.1. The molecular formula is C19H23N5O. The fourth-order valence-corrected chi connectivity index (χ4v) is 3.79. The Labute approximate surface area is 147 Å². The van der Waals surface area contributed by atoms with Crippen molar-refractivity contribution in [3.05, 3.63) is 53.7 Å². The van der Waals surface area contributed by atoms with Gasteiger partial charge in [0.05, 0.1) is 23.5 Å². The number of likely N-dealkylation sites (tertiary alicyclic amines) is 1. The zero-order chi connectivity index (χ0) is 17.4. The molecule has 1 fully saturated rings. The Morgan fingerprint density at radius 2 is 2.12 bits per heavy atom. The number of hydrogen-bond acceptors (Lipinski definition) is 3. The summed E-state index contributed by atoms with van der Waals surface area (Å²) in [5.41, 5.74) is 3.36. The van der Waals surface area contributed by atoms with Gasteiger partial charge in [-0.1, -0.05) is 12.8 Å². The topological polar surface area (TPSA) is 55.4 Å². The highest BCUT2D eigenvalue weighted by atomic mass is 16.2. The number of amides is 1. The molecule has 1 unspecified atom stereocenters. The van der Waals surface area contributed by atoms with Gasteiger partial charge in [-0.2, -0.15) is 5.10 Å². The molecule has 25 heavy (non-hydrogen) atoms. The van der Waals surface area contributed by atoms with Gasteiger partial charge in [0.2, 0.25) is 0 Å². The molecule has 3 aromatic rings. The number of hydrogen-bond donors (Lipinski definition) is 0. The number of rotatable bonds is 2. The summed E-state index contributed by atoms with van der Waals surface area (Å²) in [7, 11) is 2.05. The van der Waals surface area contributed by atoms with Crippen LogP contribution in [0.25, 0.3) is 5.65 Å². The normalized spacial score (nSPS) is 18.5. The second-order valence-electron chi connectivity index (χ2n) is 6.78. The summed E-state index contributed by atoms with van der Waals surface area (Å²) < 4.78 is 3.80. The molecule has 6 heteroatoms. The Hall–Kier alpha value is -2.63. The molecule has 0 bridgehead atoms. The molecule has 0 spiro atoms. The van der Waals surface area contributed by atoms with E-state index in [1.807, 2.05) is 43.4 Å². The maximum Gasteiger partial charge on any atom is 0.257 e. The number of aromatic nitrogens is 4. The molecule has 1 aliphatic rings. The fourth-order valence-electron chi connectivity index (χ4n) is 3.79. The van der Waals surface area contributed by atoms with Gasteiger partial charge in [-0.15, -0.1) is 0 Å². The molecular weight excluding hydrogens is 314 g/mol. The van der Waals surface area contributed by atoms with Crippen molar-refractivity contribution in [1.82, 2.24) is 24.1 Å². The first kappa shape index (κ1) is 15.9. The van der Waals surface area contributed by atoms with Crippen LogP contribution in [0.2, 0.25) is 0 Å². The molecule has 0 saturated carbocycles. The highest BCUT2D eigenvalue weighted by Crippen LogP contribution is 2.31. The van der Waals surface area contributed by atoms with Crippen molar-refractivity contribution in [2.24, 2.45) is 7.05 Å². The number of fused-ring (bicyclic) bond motifs is 1. The number of nitrogens with zero attached hydrogens (tertiary/aromatic N) is 5. The second kappa shape index (κ2) is 6.35. The minimum Gasteiger partial charge on any atom is -0.353 e.